The lowest BCUT2D eigenvalue weighted by Gasteiger charge is -2.40. The number of carboxylic acid groups (broad SMARTS) is 1. The third kappa shape index (κ3) is 3.39. The van der Waals surface area contributed by atoms with E-state index in [1.165, 1.54) is 12.3 Å². The van der Waals surface area contributed by atoms with Crippen LogP contribution in [-0.2, 0) is 6.42 Å². The van der Waals surface area contributed by atoms with Crippen LogP contribution in [0.4, 0.5) is 10.1 Å². The van der Waals surface area contributed by atoms with E-state index in [0.717, 1.165) is 18.4 Å². The Balaban J connectivity index is 1.89. The lowest BCUT2D eigenvalue weighted by Crippen LogP contribution is -2.44. The van der Waals surface area contributed by atoms with E-state index < -0.39 is 17.2 Å². The number of carboxylic acids is 1. The number of hydrogen-bond acceptors (Lipinski definition) is 4. The number of carbonyl (C=O) groups is 1. The van der Waals surface area contributed by atoms with Gasteiger partial charge in [-0.3, -0.25) is 4.79 Å². The van der Waals surface area contributed by atoms with Crippen LogP contribution in [0, 0.1) is 17.7 Å². The Kier molecular flexibility index (Phi) is 5.34. The van der Waals surface area contributed by atoms with Crippen molar-refractivity contribution in [1.82, 2.24) is 4.57 Å². The van der Waals surface area contributed by atoms with Crippen molar-refractivity contribution in [2.75, 3.05) is 18.0 Å². The monoisotopic (exact) mass is 416 g/mol. The standard InChI is InChI=1S/C23H29FN2O4/c1-12(2)8-14-10-25(7-6-19(14)27)21-15-5-4-13(3)26-11-17(23(29)30)22(28)16(20(15)26)9-18(21)24/h9,11-14,19,27H,4-8,10H2,1-3H3,(H,29,30)/t13-,14?,19?/m0/s1. The van der Waals surface area contributed by atoms with E-state index in [9.17, 15) is 19.8 Å². The van der Waals surface area contributed by atoms with Crippen molar-refractivity contribution in [1.29, 1.82) is 0 Å². The van der Waals surface area contributed by atoms with Gasteiger partial charge in [0.1, 0.15) is 11.4 Å². The molecule has 0 radical (unpaired) electrons. The molecular weight excluding hydrogens is 387 g/mol. The quantitative estimate of drug-likeness (QED) is 0.796. The number of aryl methyl sites for hydroxylation is 1. The fraction of sp³-hybridized carbons (Fsp3) is 0.565. The molecule has 2 aliphatic heterocycles. The Morgan fingerprint density at radius 1 is 1.33 bits per heavy atom. The fourth-order valence-corrected chi connectivity index (χ4v) is 5.19. The maximum atomic E-state index is 15.4. The molecule has 0 spiro atoms. The molecule has 2 aromatic rings. The number of hydrogen-bond donors (Lipinski definition) is 2. The zero-order valence-electron chi connectivity index (χ0n) is 17.7. The number of benzene rings is 1. The van der Waals surface area contributed by atoms with Gasteiger partial charge < -0.3 is 19.7 Å². The summed E-state index contributed by atoms with van der Waals surface area (Å²) in [6.07, 6.45) is 3.83. The van der Waals surface area contributed by atoms with Gasteiger partial charge in [-0.05, 0) is 44.6 Å². The summed E-state index contributed by atoms with van der Waals surface area (Å²) in [5, 5.41) is 20.0. The van der Waals surface area contributed by atoms with Crippen LogP contribution in [0.15, 0.2) is 17.1 Å². The molecule has 6 nitrogen and oxygen atoms in total. The van der Waals surface area contributed by atoms with Gasteiger partial charge in [-0.2, -0.15) is 0 Å². The highest BCUT2D eigenvalue weighted by molar-refractivity contribution is 5.95. The van der Waals surface area contributed by atoms with Crippen LogP contribution in [0.5, 0.6) is 0 Å². The topological polar surface area (TPSA) is 82.8 Å². The van der Waals surface area contributed by atoms with E-state index in [2.05, 4.69) is 13.8 Å². The second-order valence-corrected chi connectivity index (χ2v) is 9.25. The summed E-state index contributed by atoms with van der Waals surface area (Å²) in [7, 11) is 0. The second kappa shape index (κ2) is 7.69. The van der Waals surface area contributed by atoms with Gasteiger partial charge in [0.25, 0.3) is 0 Å². The molecule has 0 bridgehead atoms. The number of pyridine rings is 1. The zero-order chi connectivity index (χ0) is 21.7. The van der Waals surface area contributed by atoms with E-state index in [1.807, 2.05) is 16.4 Å². The molecule has 3 heterocycles. The first-order valence-corrected chi connectivity index (χ1v) is 10.8. The zero-order valence-corrected chi connectivity index (χ0v) is 17.7. The van der Waals surface area contributed by atoms with Gasteiger partial charge >= 0.3 is 5.97 Å². The van der Waals surface area contributed by atoms with Crippen LogP contribution in [0.25, 0.3) is 10.9 Å². The number of rotatable bonds is 4. The van der Waals surface area contributed by atoms with E-state index in [-0.39, 0.29) is 29.0 Å². The summed E-state index contributed by atoms with van der Waals surface area (Å²) < 4.78 is 17.2. The molecule has 2 N–H and O–H groups in total. The Labute approximate surface area is 174 Å². The SMILES string of the molecule is CC(C)CC1CN(c2c(F)cc3c(=O)c(C(=O)O)cn4c3c2CC[C@@H]4C)CCC1O. The van der Waals surface area contributed by atoms with Crippen molar-refractivity contribution in [2.45, 2.75) is 58.6 Å². The highest BCUT2D eigenvalue weighted by atomic mass is 19.1. The molecule has 1 aromatic heterocycles. The van der Waals surface area contributed by atoms with Gasteiger partial charge in [0, 0.05) is 42.2 Å². The Bertz CT molecular complexity index is 1060. The minimum Gasteiger partial charge on any atom is -0.477 e. The van der Waals surface area contributed by atoms with Crippen molar-refractivity contribution in [3.05, 3.63) is 39.4 Å². The Hall–Kier alpha value is -2.41. The average molecular weight is 416 g/mol. The van der Waals surface area contributed by atoms with Gasteiger partial charge in [-0.25, -0.2) is 9.18 Å². The average Bonchev–Trinajstić information content (AvgIpc) is 2.67. The molecule has 7 heteroatoms. The molecule has 1 fully saturated rings. The summed E-state index contributed by atoms with van der Waals surface area (Å²) in [4.78, 5) is 26.3. The molecule has 30 heavy (non-hydrogen) atoms. The van der Waals surface area contributed by atoms with Crippen LogP contribution in [0.2, 0.25) is 0 Å². The van der Waals surface area contributed by atoms with Crippen molar-refractivity contribution in [3.63, 3.8) is 0 Å². The molecule has 0 aliphatic carbocycles. The molecule has 162 valence electrons. The highest BCUT2D eigenvalue weighted by Gasteiger charge is 2.33. The van der Waals surface area contributed by atoms with Crippen LogP contribution in [0.1, 0.15) is 62.0 Å². The third-order valence-electron chi connectivity index (χ3n) is 6.64. The van der Waals surface area contributed by atoms with Crippen LogP contribution >= 0.6 is 0 Å². The minimum absolute atomic E-state index is 0.0221. The molecule has 2 unspecified atom stereocenters. The number of nitrogens with zero attached hydrogens (tertiary/aromatic N) is 2. The molecule has 1 saturated heterocycles. The molecular formula is C23H29FN2O4. The molecule has 1 aromatic carbocycles. The summed E-state index contributed by atoms with van der Waals surface area (Å²) in [6.45, 7) is 7.34. The van der Waals surface area contributed by atoms with Gasteiger partial charge in [0.05, 0.1) is 17.3 Å². The Morgan fingerprint density at radius 3 is 2.73 bits per heavy atom. The summed E-state index contributed by atoms with van der Waals surface area (Å²) in [5.74, 6) is -1.28. The number of aromatic nitrogens is 1. The van der Waals surface area contributed by atoms with Crippen molar-refractivity contribution < 1.29 is 19.4 Å². The predicted molar refractivity (Wildman–Crippen MR) is 114 cm³/mol. The maximum absolute atomic E-state index is 15.4. The van der Waals surface area contributed by atoms with Gasteiger partial charge in [-0.1, -0.05) is 13.8 Å². The second-order valence-electron chi connectivity index (χ2n) is 9.25. The lowest BCUT2D eigenvalue weighted by molar-refractivity contribution is 0.0694. The van der Waals surface area contributed by atoms with Gasteiger partial charge in [-0.15, -0.1) is 0 Å². The number of anilines is 1. The number of aliphatic hydroxyl groups is 1. The lowest BCUT2D eigenvalue weighted by atomic mass is 9.86. The first kappa shape index (κ1) is 20.8. The van der Waals surface area contributed by atoms with Crippen molar-refractivity contribution >= 4 is 22.6 Å². The molecule has 0 amide bonds. The largest absolute Gasteiger partial charge is 0.477 e. The first-order chi connectivity index (χ1) is 14.2. The molecule has 3 atom stereocenters. The molecule has 4 rings (SSSR count). The third-order valence-corrected chi connectivity index (χ3v) is 6.64. The first-order valence-electron chi connectivity index (χ1n) is 10.8. The Morgan fingerprint density at radius 2 is 2.07 bits per heavy atom. The van der Waals surface area contributed by atoms with E-state index in [0.29, 0.717) is 43.1 Å². The van der Waals surface area contributed by atoms with E-state index in [1.54, 1.807) is 0 Å². The molecule has 2 aliphatic rings. The number of aromatic carboxylic acids is 1. The van der Waals surface area contributed by atoms with Crippen LogP contribution in [0.3, 0.4) is 0 Å². The van der Waals surface area contributed by atoms with Gasteiger partial charge in [0.15, 0.2) is 0 Å². The summed E-state index contributed by atoms with van der Waals surface area (Å²) in [5.41, 5.74) is 0.962. The van der Waals surface area contributed by atoms with E-state index >= 15 is 4.39 Å². The number of halogens is 1. The van der Waals surface area contributed by atoms with Gasteiger partial charge in [0.2, 0.25) is 5.43 Å². The fourth-order valence-electron chi connectivity index (χ4n) is 5.19. The minimum atomic E-state index is -1.30. The van der Waals surface area contributed by atoms with Crippen molar-refractivity contribution in [3.8, 4) is 0 Å². The molecule has 0 saturated carbocycles. The highest BCUT2D eigenvalue weighted by Crippen LogP contribution is 2.39. The van der Waals surface area contributed by atoms with Crippen LogP contribution in [-0.4, -0.2) is 39.9 Å². The van der Waals surface area contributed by atoms with E-state index in [4.69, 9.17) is 0 Å². The van der Waals surface area contributed by atoms with Crippen LogP contribution < -0.4 is 10.3 Å². The van der Waals surface area contributed by atoms with Crippen molar-refractivity contribution in [2.24, 2.45) is 11.8 Å². The number of aliphatic hydroxyl groups excluding tert-OH is 1. The predicted octanol–water partition coefficient (Wildman–Crippen LogP) is 3.58. The smallest absolute Gasteiger partial charge is 0.341 e. The maximum Gasteiger partial charge on any atom is 0.341 e. The number of piperidine rings is 1. The normalized spacial score (nSPS) is 23.9. The summed E-state index contributed by atoms with van der Waals surface area (Å²) >= 11 is 0. The summed E-state index contributed by atoms with van der Waals surface area (Å²) in [6, 6.07) is 1.23.